The average molecular weight is 439 g/mol. The molecule has 2 aromatic rings. The SMILES string of the molecule is COc1nccc2c1C(F)(F)CCC2N=c1c(OC(F)F)cc(C(F)(F)F)cn1C. The standard InChI is InChI=1S/C18H16F7N3O2/c1-28-8-9(18(23,24)25)7-12(30-16(19)20)14(28)27-11-3-5-17(21,22)13-10(11)4-6-26-15(13)29-2/h4,6-8,11,16H,3,5H2,1-2H3. The summed E-state index contributed by atoms with van der Waals surface area (Å²) < 4.78 is 104. The molecular weight excluding hydrogens is 423 g/mol. The molecule has 1 unspecified atom stereocenters. The van der Waals surface area contributed by atoms with Crippen LogP contribution in [0.3, 0.4) is 0 Å². The van der Waals surface area contributed by atoms with Crippen LogP contribution in [-0.2, 0) is 19.1 Å². The van der Waals surface area contributed by atoms with Crippen LogP contribution in [0.15, 0.2) is 29.5 Å². The molecule has 0 saturated carbocycles. The van der Waals surface area contributed by atoms with Crippen molar-refractivity contribution in [1.82, 2.24) is 9.55 Å². The quantitative estimate of drug-likeness (QED) is 0.656. The first-order valence-electron chi connectivity index (χ1n) is 8.61. The van der Waals surface area contributed by atoms with Gasteiger partial charge >= 0.3 is 12.8 Å². The molecule has 30 heavy (non-hydrogen) atoms. The minimum absolute atomic E-state index is 0.0426. The Morgan fingerprint density at radius 2 is 2.00 bits per heavy atom. The molecule has 0 aliphatic heterocycles. The first-order valence-corrected chi connectivity index (χ1v) is 8.61. The third kappa shape index (κ3) is 4.21. The Morgan fingerprint density at radius 1 is 1.30 bits per heavy atom. The van der Waals surface area contributed by atoms with Crippen molar-refractivity contribution in [3.05, 3.63) is 46.7 Å². The zero-order valence-corrected chi connectivity index (χ0v) is 15.7. The van der Waals surface area contributed by atoms with E-state index in [4.69, 9.17) is 4.74 Å². The lowest BCUT2D eigenvalue weighted by atomic mass is 9.86. The van der Waals surface area contributed by atoms with Gasteiger partial charge in [0.2, 0.25) is 5.88 Å². The maximum absolute atomic E-state index is 14.5. The molecule has 5 nitrogen and oxygen atoms in total. The predicted molar refractivity (Wildman–Crippen MR) is 89.3 cm³/mol. The molecule has 2 aromatic heterocycles. The van der Waals surface area contributed by atoms with Gasteiger partial charge in [-0.15, -0.1) is 0 Å². The summed E-state index contributed by atoms with van der Waals surface area (Å²) in [5.74, 6) is -4.38. The monoisotopic (exact) mass is 439 g/mol. The summed E-state index contributed by atoms with van der Waals surface area (Å²) in [5.41, 5.74) is -2.01. The van der Waals surface area contributed by atoms with Crippen LogP contribution in [0.1, 0.15) is 35.6 Å². The van der Waals surface area contributed by atoms with Gasteiger partial charge in [-0.2, -0.15) is 22.0 Å². The number of halogens is 7. The highest BCUT2D eigenvalue weighted by molar-refractivity contribution is 5.42. The Kier molecular flexibility index (Phi) is 5.70. The zero-order valence-electron chi connectivity index (χ0n) is 15.7. The van der Waals surface area contributed by atoms with E-state index in [1.54, 1.807) is 0 Å². The van der Waals surface area contributed by atoms with Crippen LogP contribution in [0.4, 0.5) is 30.7 Å². The molecule has 0 amide bonds. The normalized spacial score (nSPS) is 19.0. The second-order valence-electron chi connectivity index (χ2n) is 6.58. The molecule has 164 valence electrons. The van der Waals surface area contributed by atoms with E-state index in [2.05, 4.69) is 14.7 Å². The van der Waals surface area contributed by atoms with Crippen molar-refractivity contribution in [2.75, 3.05) is 7.11 Å². The Hall–Kier alpha value is -2.79. The van der Waals surface area contributed by atoms with Gasteiger partial charge in [0.1, 0.15) is 0 Å². The van der Waals surface area contributed by atoms with Crippen LogP contribution in [-0.4, -0.2) is 23.3 Å². The number of aryl methyl sites for hydroxylation is 1. The summed E-state index contributed by atoms with van der Waals surface area (Å²) in [5, 5.41) is 0. The lowest BCUT2D eigenvalue weighted by molar-refractivity contribution is -0.138. The van der Waals surface area contributed by atoms with E-state index in [9.17, 15) is 30.7 Å². The van der Waals surface area contributed by atoms with Crippen molar-refractivity contribution < 1.29 is 40.2 Å². The van der Waals surface area contributed by atoms with Crippen molar-refractivity contribution in [2.45, 2.75) is 37.6 Å². The fraction of sp³-hybridized carbons (Fsp3) is 0.444. The van der Waals surface area contributed by atoms with Crippen molar-refractivity contribution in [1.29, 1.82) is 0 Å². The summed E-state index contributed by atoms with van der Waals surface area (Å²) in [4.78, 5) is 7.96. The highest BCUT2D eigenvalue weighted by atomic mass is 19.4. The molecule has 0 aromatic carbocycles. The highest BCUT2D eigenvalue weighted by Crippen LogP contribution is 2.48. The predicted octanol–water partition coefficient (Wildman–Crippen LogP) is 4.58. The fourth-order valence-corrected chi connectivity index (χ4v) is 3.32. The van der Waals surface area contributed by atoms with E-state index in [-0.39, 0.29) is 23.4 Å². The number of methoxy groups -OCH3 is 1. The second kappa shape index (κ2) is 7.80. The van der Waals surface area contributed by atoms with Gasteiger partial charge < -0.3 is 14.0 Å². The number of hydrogen-bond donors (Lipinski definition) is 0. The summed E-state index contributed by atoms with van der Waals surface area (Å²) >= 11 is 0. The molecule has 0 N–H and O–H groups in total. The van der Waals surface area contributed by atoms with Gasteiger partial charge in [0.15, 0.2) is 11.2 Å². The molecule has 0 saturated heterocycles. The molecule has 0 radical (unpaired) electrons. The lowest BCUT2D eigenvalue weighted by Crippen LogP contribution is -2.28. The lowest BCUT2D eigenvalue weighted by Gasteiger charge is -2.30. The topological polar surface area (TPSA) is 48.6 Å². The number of ether oxygens (including phenoxy) is 2. The van der Waals surface area contributed by atoms with E-state index in [1.807, 2.05) is 0 Å². The van der Waals surface area contributed by atoms with Crippen LogP contribution in [0.5, 0.6) is 11.6 Å². The van der Waals surface area contributed by atoms with Crippen molar-refractivity contribution in [3.8, 4) is 11.6 Å². The van der Waals surface area contributed by atoms with Gasteiger partial charge in [0.25, 0.3) is 5.92 Å². The van der Waals surface area contributed by atoms with Gasteiger partial charge in [-0.05, 0) is 24.1 Å². The van der Waals surface area contributed by atoms with Crippen molar-refractivity contribution >= 4 is 0 Å². The average Bonchev–Trinajstić information content (AvgIpc) is 2.64. The van der Waals surface area contributed by atoms with Crippen LogP contribution >= 0.6 is 0 Å². The molecule has 1 aliphatic carbocycles. The molecule has 1 aliphatic rings. The van der Waals surface area contributed by atoms with E-state index in [0.717, 1.165) is 11.6 Å². The molecular formula is C18H16F7N3O2. The molecule has 0 fully saturated rings. The van der Waals surface area contributed by atoms with Crippen LogP contribution < -0.4 is 15.0 Å². The zero-order chi connectivity index (χ0) is 22.3. The number of nitrogens with zero attached hydrogens (tertiary/aromatic N) is 3. The summed E-state index contributed by atoms with van der Waals surface area (Å²) in [7, 11) is 2.34. The van der Waals surface area contributed by atoms with Crippen LogP contribution in [0.25, 0.3) is 0 Å². The third-order valence-electron chi connectivity index (χ3n) is 4.59. The Morgan fingerprint density at radius 3 is 2.60 bits per heavy atom. The first kappa shape index (κ1) is 21.9. The number of hydrogen-bond acceptors (Lipinski definition) is 4. The number of aromatic nitrogens is 2. The van der Waals surface area contributed by atoms with E-state index >= 15 is 0 Å². The van der Waals surface area contributed by atoms with E-state index in [1.165, 1.54) is 19.4 Å². The van der Waals surface area contributed by atoms with Gasteiger partial charge in [-0.1, -0.05) is 0 Å². The number of alkyl halides is 7. The molecule has 0 bridgehead atoms. The summed E-state index contributed by atoms with van der Waals surface area (Å²) in [6.07, 6.45) is -3.74. The Labute approximate surface area is 165 Å². The molecule has 1 atom stereocenters. The van der Waals surface area contributed by atoms with Crippen LogP contribution in [0, 0.1) is 0 Å². The second-order valence-corrected chi connectivity index (χ2v) is 6.58. The molecule has 3 rings (SSSR count). The summed E-state index contributed by atoms with van der Waals surface area (Å²) in [6, 6.07) is 0.729. The van der Waals surface area contributed by atoms with Crippen molar-refractivity contribution in [3.63, 3.8) is 0 Å². The number of pyridine rings is 2. The highest BCUT2D eigenvalue weighted by Gasteiger charge is 2.44. The molecule has 2 heterocycles. The minimum atomic E-state index is -4.81. The van der Waals surface area contributed by atoms with Gasteiger partial charge in [-0.25, -0.2) is 13.8 Å². The maximum Gasteiger partial charge on any atom is 0.417 e. The van der Waals surface area contributed by atoms with E-state index < -0.39 is 48.0 Å². The summed E-state index contributed by atoms with van der Waals surface area (Å²) in [6.45, 7) is -3.41. The molecule has 12 heteroatoms. The van der Waals surface area contributed by atoms with Crippen molar-refractivity contribution in [2.24, 2.45) is 12.0 Å². The number of rotatable bonds is 4. The van der Waals surface area contributed by atoms with Gasteiger partial charge in [0.05, 0.1) is 24.3 Å². The Balaban J connectivity index is 2.20. The number of fused-ring (bicyclic) bond motifs is 1. The smallest absolute Gasteiger partial charge is 0.417 e. The Bertz CT molecular complexity index is 1000. The first-order chi connectivity index (χ1) is 13.9. The largest absolute Gasteiger partial charge is 0.481 e. The van der Waals surface area contributed by atoms with E-state index in [0.29, 0.717) is 12.3 Å². The van der Waals surface area contributed by atoms with Crippen LogP contribution in [0.2, 0.25) is 0 Å². The van der Waals surface area contributed by atoms with Gasteiger partial charge in [0, 0.05) is 25.9 Å². The third-order valence-corrected chi connectivity index (χ3v) is 4.59. The molecule has 0 spiro atoms. The fourth-order valence-electron chi connectivity index (χ4n) is 3.32. The minimum Gasteiger partial charge on any atom is -0.481 e. The van der Waals surface area contributed by atoms with Gasteiger partial charge in [-0.3, -0.25) is 4.99 Å². The maximum atomic E-state index is 14.5.